The zero-order valence-corrected chi connectivity index (χ0v) is 18.3. The predicted octanol–water partition coefficient (Wildman–Crippen LogP) is 1.63. The highest BCUT2D eigenvalue weighted by molar-refractivity contribution is 7.89. The molecule has 0 saturated carbocycles. The first-order chi connectivity index (χ1) is 14.8. The number of rotatable bonds is 6. The van der Waals surface area contributed by atoms with Gasteiger partial charge in [-0.3, -0.25) is 4.79 Å². The molecule has 1 saturated heterocycles. The molecule has 0 radical (unpaired) electrons. The van der Waals surface area contributed by atoms with E-state index in [1.807, 2.05) is 30.3 Å². The van der Waals surface area contributed by atoms with Crippen molar-refractivity contribution < 1.29 is 22.3 Å². The number of benzene rings is 1. The van der Waals surface area contributed by atoms with Gasteiger partial charge in [0.05, 0.1) is 6.42 Å². The fraction of sp³-hybridized carbons (Fsp3) is 0.400. The second-order valence-corrected chi connectivity index (χ2v) is 9.30. The van der Waals surface area contributed by atoms with E-state index in [2.05, 4.69) is 15.3 Å². The molecule has 3 aromatic rings. The van der Waals surface area contributed by atoms with Crippen LogP contribution in [0.15, 0.2) is 44.3 Å². The predicted molar refractivity (Wildman–Crippen MR) is 108 cm³/mol. The van der Waals surface area contributed by atoms with E-state index in [9.17, 15) is 13.2 Å². The number of amides is 1. The largest absolute Gasteiger partial charge is 0.360 e. The van der Waals surface area contributed by atoms with Gasteiger partial charge in [-0.25, -0.2) is 8.42 Å². The van der Waals surface area contributed by atoms with Gasteiger partial charge in [-0.1, -0.05) is 40.6 Å². The summed E-state index contributed by atoms with van der Waals surface area (Å²) < 4.78 is 38.4. The molecule has 4 rings (SSSR count). The summed E-state index contributed by atoms with van der Waals surface area (Å²) in [5.74, 6) is 0.487. The van der Waals surface area contributed by atoms with Crippen LogP contribution >= 0.6 is 0 Å². The Morgan fingerprint density at radius 2 is 1.81 bits per heavy atom. The normalized spacial score (nSPS) is 18.0. The molecule has 31 heavy (non-hydrogen) atoms. The highest BCUT2D eigenvalue weighted by atomic mass is 32.2. The first-order valence-electron chi connectivity index (χ1n) is 9.84. The van der Waals surface area contributed by atoms with Crippen molar-refractivity contribution in [3.63, 3.8) is 0 Å². The quantitative estimate of drug-likeness (QED) is 0.561. The second-order valence-electron chi connectivity index (χ2n) is 7.47. The smallest absolute Gasteiger partial charge is 0.249 e. The number of carbonyl (C=O) groups is 1. The van der Waals surface area contributed by atoms with E-state index in [0.717, 1.165) is 5.56 Å². The van der Waals surface area contributed by atoms with Gasteiger partial charge in [0.15, 0.2) is 11.6 Å². The molecule has 164 valence electrons. The van der Waals surface area contributed by atoms with E-state index >= 15 is 0 Å². The molecule has 0 spiro atoms. The summed E-state index contributed by atoms with van der Waals surface area (Å²) in [6.07, 6.45) is -0.0203. The van der Waals surface area contributed by atoms with Crippen molar-refractivity contribution >= 4 is 15.9 Å². The van der Waals surface area contributed by atoms with Crippen LogP contribution in [0.4, 0.5) is 0 Å². The number of hydrogen-bond donors (Lipinski definition) is 0. The van der Waals surface area contributed by atoms with Crippen molar-refractivity contribution in [2.24, 2.45) is 0 Å². The lowest BCUT2D eigenvalue weighted by Gasteiger charge is -2.39. The molecule has 3 heterocycles. The monoisotopic (exact) mass is 445 g/mol. The van der Waals surface area contributed by atoms with Crippen LogP contribution in [0.3, 0.4) is 0 Å². The number of piperazine rings is 1. The Hall–Kier alpha value is -3.05. The molecule has 1 aliphatic rings. The van der Waals surface area contributed by atoms with Crippen molar-refractivity contribution in [3.05, 3.63) is 59.1 Å². The summed E-state index contributed by atoms with van der Waals surface area (Å²) in [4.78, 5) is 19.2. The van der Waals surface area contributed by atoms with Crippen LogP contribution in [0.2, 0.25) is 0 Å². The lowest BCUT2D eigenvalue weighted by Crippen LogP contribution is -2.59. The van der Waals surface area contributed by atoms with E-state index in [0.29, 0.717) is 12.4 Å². The van der Waals surface area contributed by atoms with Crippen LogP contribution in [0.5, 0.6) is 0 Å². The summed E-state index contributed by atoms with van der Waals surface area (Å²) in [6.45, 7) is 5.54. The molecule has 1 aromatic carbocycles. The third-order valence-corrected chi connectivity index (χ3v) is 7.38. The van der Waals surface area contributed by atoms with Gasteiger partial charge in [0.25, 0.3) is 0 Å². The summed E-state index contributed by atoms with van der Waals surface area (Å²) in [6, 6.07) is 8.54. The van der Waals surface area contributed by atoms with Gasteiger partial charge in [0.2, 0.25) is 21.8 Å². The van der Waals surface area contributed by atoms with E-state index in [1.165, 1.54) is 11.2 Å². The van der Waals surface area contributed by atoms with Crippen LogP contribution in [-0.4, -0.2) is 58.0 Å². The van der Waals surface area contributed by atoms with Crippen LogP contribution in [0.1, 0.15) is 28.7 Å². The molecule has 0 N–H and O–H groups in total. The molecule has 0 aliphatic carbocycles. The Morgan fingerprint density at radius 3 is 2.42 bits per heavy atom. The Balaban J connectivity index is 1.68. The van der Waals surface area contributed by atoms with Gasteiger partial charge in [-0.2, -0.15) is 9.29 Å². The fourth-order valence-corrected chi connectivity index (χ4v) is 5.67. The van der Waals surface area contributed by atoms with Crippen molar-refractivity contribution in [1.82, 2.24) is 24.5 Å². The molecule has 1 aliphatic heterocycles. The number of sulfonamides is 1. The first-order valence-corrected chi connectivity index (χ1v) is 11.3. The molecule has 1 unspecified atom stereocenters. The second kappa shape index (κ2) is 8.23. The maximum atomic E-state index is 13.5. The Bertz CT molecular complexity index is 1170. The molecule has 1 atom stereocenters. The van der Waals surface area contributed by atoms with Gasteiger partial charge < -0.3 is 13.9 Å². The van der Waals surface area contributed by atoms with E-state index in [-0.39, 0.29) is 47.7 Å². The summed E-state index contributed by atoms with van der Waals surface area (Å²) >= 11 is 0. The molecular formula is C20H23N5O5S. The van der Waals surface area contributed by atoms with Crippen molar-refractivity contribution in [2.45, 2.75) is 44.7 Å². The number of nitrogens with zero attached hydrogens (tertiary/aromatic N) is 5. The maximum Gasteiger partial charge on any atom is 0.249 e. The highest BCUT2D eigenvalue weighted by Gasteiger charge is 2.44. The fourth-order valence-electron chi connectivity index (χ4n) is 3.81. The number of aryl methyl sites for hydroxylation is 3. The molecule has 10 nitrogen and oxygen atoms in total. The minimum Gasteiger partial charge on any atom is -0.360 e. The average Bonchev–Trinajstić information content (AvgIpc) is 3.30. The third-order valence-electron chi connectivity index (χ3n) is 5.22. The van der Waals surface area contributed by atoms with Crippen LogP contribution in [-0.2, 0) is 27.8 Å². The van der Waals surface area contributed by atoms with Gasteiger partial charge in [-0.15, -0.1) is 0 Å². The molecule has 0 bridgehead atoms. The minimum absolute atomic E-state index is 0.0106. The summed E-state index contributed by atoms with van der Waals surface area (Å²) in [5.41, 5.74) is 1.22. The van der Waals surface area contributed by atoms with Crippen molar-refractivity contribution in [1.29, 1.82) is 0 Å². The van der Waals surface area contributed by atoms with E-state index < -0.39 is 16.1 Å². The minimum atomic E-state index is -4.03. The topological polar surface area (TPSA) is 123 Å². The first kappa shape index (κ1) is 21.2. The zero-order chi connectivity index (χ0) is 22.2. The van der Waals surface area contributed by atoms with Crippen molar-refractivity contribution in [3.8, 4) is 0 Å². The molecule has 1 fully saturated rings. The van der Waals surface area contributed by atoms with Gasteiger partial charge in [0, 0.05) is 19.6 Å². The lowest BCUT2D eigenvalue weighted by atomic mass is 10.1. The number of aromatic nitrogens is 3. The van der Waals surface area contributed by atoms with Crippen LogP contribution in [0.25, 0.3) is 0 Å². The van der Waals surface area contributed by atoms with Crippen molar-refractivity contribution in [2.75, 3.05) is 13.1 Å². The van der Waals surface area contributed by atoms with E-state index in [1.54, 1.807) is 18.7 Å². The Morgan fingerprint density at radius 1 is 1.06 bits per heavy atom. The van der Waals surface area contributed by atoms with Gasteiger partial charge in [-0.05, 0) is 26.3 Å². The maximum absolute atomic E-state index is 13.5. The van der Waals surface area contributed by atoms with Crippen LogP contribution < -0.4 is 0 Å². The standard InChI is InChI=1S/C20H23N5O5S/c1-13-19(14(2)29-22-13)31(27,28)25-10-9-24(12-16-7-5-4-6-8-16)20(26)17(25)11-18-21-15(3)23-30-18/h4-8,17H,9-12H2,1-3H3. The highest BCUT2D eigenvalue weighted by Crippen LogP contribution is 2.29. The van der Waals surface area contributed by atoms with Crippen LogP contribution in [0, 0.1) is 20.8 Å². The number of hydrogen-bond acceptors (Lipinski definition) is 8. The summed E-state index contributed by atoms with van der Waals surface area (Å²) in [7, 11) is -4.03. The molecular weight excluding hydrogens is 422 g/mol. The van der Waals surface area contributed by atoms with E-state index in [4.69, 9.17) is 9.05 Å². The molecule has 11 heteroatoms. The third kappa shape index (κ3) is 4.10. The Kier molecular flexibility index (Phi) is 5.63. The SMILES string of the molecule is Cc1noc(CC2C(=O)N(Cc3ccccc3)CCN2S(=O)(=O)c2c(C)noc2C)n1. The molecule has 1 amide bonds. The summed E-state index contributed by atoms with van der Waals surface area (Å²) in [5, 5.41) is 7.52. The number of carbonyl (C=O) groups excluding carboxylic acids is 1. The average molecular weight is 446 g/mol. The zero-order valence-electron chi connectivity index (χ0n) is 17.5. The molecule has 2 aromatic heterocycles. The van der Waals surface area contributed by atoms with Gasteiger partial charge >= 0.3 is 0 Å². The Labute approximate surface area is 179 Å². The van der Waals surface area contributed by atoms with Gasteiger partial charge in [0.1, 0.15) is 16.6 Å². The lowest BCUT2D eigenvalue weighted by molar-refractivity contribution is -0.139.